The molecule has 28 heavy (non-hydrogen) atoms. The number of carbonyl (C=O) groups excluding carboxylic acids is 1. The highest BCUT2D eigenvalue weighted by atomic mass is 19.4. The van der Waals surface area contributed by atoms with E-state index in [-0.39, 0.29) is 17.7 Å². The molecule has 1 atom stereocenters. The van der Waals surface area contributed by atoms with E-state index in [9.17, 15) is 18.0 Å². The predicted octanol–water partition coefficient (Wildman–Crippen LogP) is 3.07. The van der Waals surface area contributed by atoms with Crippen LogP contribution in [0, 0.1) is 11.8 Å². The van der Waals surface area contributed by atoms with Gasteiger partial charge < -0.3 is 11.1 Å². The number of carbonyl (C=O) groups is 1. The fourth-order valence-electron chi connectivity index (χ4n) is 3.81. The zero-order valence-corrected chi connectivity index (χ0v) is 15.6. The van der Waals surface area contributed by atoms with Crippen molar-refractivity contribution in [1.82, 2.24) is 20.1 Å². The predicted molar refractivity (Wildman–Crippen MR) is 97.2 cm³/mol. The molecule has 0 bridgehead atoms. The summed E-state index contributed by atoms with van der Waals surface area (Å²) in [6, 6.07) is 5.82. The number of amides is 1. The van der Waals surface area contributed by atoms with Crippen molar-refractivity contribution in [2.24, 2.45) is 24.6 Å². The maximum absolute atomic E-state index is 13.0. The van der Waals surface area contributed by atoms with Crippen LogP contribution in [0.15, 0.2) is 30.5 Å². The van der Waals surface area contributed by atoms with E-state index < -0.39 is 17.8 Å². The summed E-state index contributed by atoms with van der Waals surface area (Å²) in [6.45, 7) is 0.640. The van der Waals surface area contributed by atoms with Gasteiger partial charge in [-0.3, -0.25) is 14.5 Å². The Bertz CT molecular complexity index is 798. The van der Waals surface area contributed by atoms with E-state index in [1.807, 2.05) is 12.1 Å². The summed E-state index contributed by atoms with van der Waals surface area (Å²) in [6.07, 6.45) is 0.743. The lowest BCUT2D eigenvalue weighted by atomic mass is 9.77. The molecule has 2 heterocycles. The number of hydrogen-bond acceptors (Lipinski definition) is 4. The third kappa shape index (κ3) is 4.52. The van der Waals surface area contributed by atoms with Crippen molar-refractivity contribution in [2.45, 2.75) is 37.9 Å². The van der Waals surface area contributed by atoms with Crippen molar-refractivity contribution in [3.63, 3.8) is 0 Å². The van der Waals surface area contributed by atoms with E-state index in [0.717, 1.165) is 31.7 Å². The van der Waals surface area contributed by atoms with E-state index in [0.29, 0.717) is 22.8 Å². The fourth-order valence-corrected chi connectivity index (χ4v) is 3.81. The van der Waals surface area contributed by atoms with E-state index in [1.54, 1.807) is 12.3 Å². The molecule has 1 aliphatic rings. The average molecular weight is 395 g/mol. The largest absolute Gasteiger partial charge is 0.433 e. The molecule has 2 aromatic rings. The quantitative estimate of drug-likeness (QED) is 0.815. The number of hydrogen-bond donors (Lipinski definition) is 2. The summed E-state index contributed by atoms with van der Waals surface area (Å²) in [4.78, 5) is 17.0. The van der Waals surface area contributed by atoms with Gasteiger partial charge in [-0.25, -0.2) is 0 Å². The summed E-state index contributed by atoms with van der Waals surface area (Å²) in [7, 11) is 1.17. The summed E-state index contributed by atoms with van der Waals surface area (Å²) in [5.41, 5.74) is 5.23. The molecule has 2 aromatic heterocycles. The molecule has 6 nitrogen and oxygen atoms in total. The Morgan fingerprint density at radius 1 is 1.32 bits per heavy atom. The number of rotatable bonds is 5. The van der Waals surface area contributed by atoms with Crippen LogP contribution in [0.5, 0.6) is 0 Å². The van der Waals surface area contributed by atoms with Crippen molar-refractivity contribution in [3.05, 3.63) is 47.5 Å². The van der Waals surface area contributed by atoms with Crippen molar-refractivity contribution < 1.29 is 18.0 Å². The summed E-state index contributed by atoms with van der Waals surface area (Å²) < 4.78 is 39.7. The van der Waals surface area contributed by atoms with E-state index in [1.165, 1.54) is 7.05 Å². The number of alkyl halides is 3. The smallest absolute Gasteiger partial charge is 0.342 e. The Hall–Kier alpha value is -2.42. The number of nitrogens with one attached hydrogen (secondary N) is 1. The minimum absolute atomic E-state index is 0.146. The molecule has 1 fully saturated rings. The Morgan fingerprint density at radius 3 is 2.57 bits per heavy atom. The van der Waals surface area contributed by atoms with Crippen LogP contribution < -0.4 is 11.1 Å². The Morgan fingerprint density at radius 2 is 2.04 bits per heavy atom. The SMILES string of the molecule is Cn1nc(C(=O)NC(c2ccccn2)C2CCC(CN)CC2)cc1C(F)(F)F. The Kier molecular flexibility index (Phi) is 6.02. The van der Waals surface area contributed by atoms with Crippen LogP contribution in [0.4, 0.5) is 13.2 Å². The third-order valence-electron chi connectivity index (χ3n) is 5.39. The maximum atomic E-state index is 13.0. The van der Waals surface area contributed by atoms with Crippen LogP contribution in [0.1, 0.15) is 53.6 Å². The topological polar surface area (TPSA) is 85.8 Å². The van der Waals surface area contributed by atoms with Gasteiger partial charge in [-0.05, 0) is 56.2 Å². The molecule has 0 spiro atoms. The van der Waals surface area contributed by atoms with Gasteiger partial charge in [0.05, 0.1) is 11.7 Å². The van der Waals surface area contributed by atoms with E-state index >= 15 is 0 Å². The normalized spacial score (nSPS) is 21.3. The van der Waals surface area contributed by atoms with Gasteiger partial charge in [0.15, 0.2) is 5.69 Å². The molecule has 1 aliphatic carbocycles. The standard InChI is InChI=1S/C19H24F3N5O/c1-27-16(19(20,21)22)10-15(26-27)18(28)25-17(14-4-2-3-9-24-14)13-7-5-12(11-23)6-8-13/h2-4,9-10,12-13,17H,5-8,11,23H2,1H3,(H,25,28). The van der Waals surface area contributed by atoms with Crippen LogP contribution in [0.25, 0.3) is 0 Å². The minimum atomic E-state index is -4.57. The van der Waals surface area contributed by atoms with Gasteiger partial charge in [-0.15, -0.1) is 0 Å². The number of aromatic nitrogens is 3. The summed E-state index contributed by atoms with van der Waals surface area (Å²) in [5.74, 6) is -0.0170. The second-order valence-corrected chi connectivity index (χ2v) is 7.26. The second-order valence-electron chi connectivity index (χ2n) is 7.26. The molecule has 0 radical (unpaired) electrons. The van der Waals surface area contributed by atoms with Crippen molar-refractivity contribution in [3.8, 4) is 0 Å². The van der Waals surface area contributed by atoms with Crippen LogP contribution in [0.2, 0.25) is 0 Å². The van der Waals surface area contributed by atoms with Crippen LogP contribution in [0.3, 0.4) is 0 Å². The van der Waals surface area contributed by atoms with Crippen LogP contribution in [-0.4, -0.2) is 27.2 Å². The zero-order chi connectivity index (χ0) is 20.3. The van der Waals surface area contributed by atoms with Crippen LogP contribution in [-0.2, 0) is 13.2 Å². The highest BCUT2D eigenvalue weighted by molar-refractivity contribution is 5.92. The lowest BCUT2D eigenvalue weighted by Gasteiger charge is -2.33. The Labute approximate surface area is 161 Å². The van der Waals surface area contributed by atoms with E-state index in [2.05, 4.69) is 15.4 Å². The van der Waals surface area contributed by atoms with Gasteiger partial charge in [0.1, 0.15) is 5.69 Å². The van der Waals surface area contributed by atoms with Crippen molar-refractivity contribution >= 4 is 5.91 Å². The second kappa shape index (κ2) is 8.30. The maximum Gasteiger partial charge on any atom is 0.433 e. The van der Waals surface area contributed by atoms with Gasteiger partial charge in [-0.2, -0.15) is 18.3 Å². The molecule has 0 aromatic carbocycles. The molecular formula is C19H24F3N5O. The molecule has 3 N–H and O–H groups in total. The number of pyridine rings is 1. The highest BCUT2D eigenvalue weighted by Crippen LogP contribution is 2.36. The molecule has 1 unspecified atom stereocenters. The first-order valence-corrected chi connectivity index (χ1v) is 9.32. The lowest BCUT2D eigenvalue weighted by Crippen LogP contribution is -2.36. The first-order chi connectivity index (χ1) is 13.3. The molecule has 0 saturated heterocycles. The molecule has 152 valence electrons. The third-order valence-corrected chi connectivity index (χ3v) is 5.39. The number of nitrogens with two attached hydrogens (primary N) is 1. The first kappa shape index (κ1) is 20.3. The molecule has 3 rings (SSSR count). The van der Waals surface area contributed by atoms with Gasteiger partial charge in [0, 0.05) is 19.3 Å². The first-order valence-electron chi connectivity index (χ1n) is 9.32. The monoisotopic (exact) mass is 395 g/mol. The molecule has 1 amide bonds. The number of halogens is 3. The van der Waals surface area contributed by atoms with Gasteiger partial charge >= 0.3 is 6.18 Å². The molecule has 1 saturated carbocycles. The van der Waals surface area contributed by atoms with Gasteiger partial charge in [0.2, 0.25) is 0 Å². The van der Waals surface area contributed by atoms with Gasteiger partial charge in [-0.1, -0.05) is 6.07 Å². The molecule has 9 heteroatoms. The lowest BCUT2D eigenvalue weighted by molar-refractivity contribution is -0.143. The fraction of sp³-hybridized carbons (Fsp3) is 0.526. The summed E-state index contributed by atoms with van der Waals surface area (Å²) in [5, 5.41) is 6.61. The molecular weight excluding hydrogens is 371 g/mol. The van der Waals surface area contributed by atoms with E-state index in [4.69, 9.17) is 5.73 Å². The molecule has 0 aliphatic heterocycles. The van der Waals surface area contributed by atoms with Gasteiger partial charge in [0.25, 0.3) is 5.91 Å². The van der Waals surface area contributed by atoms with Crippen LogP contribution >= 0.6 is 0 Å². The van der Waals surface area contributed by atoms with Crippen molar-refractivity contribution in [1.29, 1.82) is 0 Å². The number of aryl methyl sites for hydroxylation is 1. The zero-order valence-electron chi connectivity index (χ0n) is 15.6. The summed E-state index contributed by atoms with van der Waals surface area (Å²) >= 11 is 0. The van der Waals surface area contributed by atoms with Crippen molar-refractivity contribution in [2.75, 3.05) is 6.54 Å². The number of nitrogens with zero attached hydrogens (tertiary/aromatic N) is 3. The highest BCUT2D eigenvalue weighted by Gasteiger charge is 2.36. The Balaban J connectivity index is 1.81. The minimum Gasteiger partial charge on any atom is -0.342 e. The average Bonchev–Trinajstić information content (AvgIpc) is 3.09.